The first kappa shape index (κ1) is 18.4. The van der Waals surface area contributed by atoms with E-state index in [9.17, 15) is 8.78 Å². The van der Waals surface area contributed by atoms with Crippen LogP contribution in [0.5, 0.6) is 5.75 Å². The van der Waals surface area contributed by atoms with Crippen LogP contribution < -0.4 is 10.1 Å². The highest BCUT2D eigenvalue weighted by Crippen LogP contribution is 2.17. The van der Waals surface area contributed by atoms with Crippen molar-refractivity contribution in [2.75, 3.05) is 26.7 Å². The summed E-state index contributed by atoms with van der Waals surface area (Å²) in [7, 11) is 1.74. The van der Waals surface area contributed by atoms with Gasteiger partial charge in [0.15, 0.2) is 5.96 Å². The van der Waals surface area contributed by atoms with Gasteiger partial charge in [0, 0.05) is 33.3 Å². The summed E-state index contributed by atoms with van der Waals surface area (Å²) in [5.74, 6) is 0.974. The highest BCUT2D eigenvalue weighted by atomic mass is 19.3. The third-order valence-corrected chi connectivity index (χ3v) is 3.93. The van der Waals surface area contributed by atoms with Crippen molar-refractivity contribution in [2.24, 2.45) is 4.99 Å². The zero-order valence-electron chi connectivity index (χ0n) is 14.2. The Bertz CT molecular complexity index is 532. The zero-order chi connectivity index (χ0) is 17.4. The number of piperidine rings is 1. The van der Waals surface area contributed by atoms with E-state index in [1.807, 2.05) is 13.0 Å². The van der Waals surface area contributed by atoms with Crippen molar-refractivity contribution in [3.05, 3.63) is 29.8 Å². The Morgan fingerprint density at radius 1 is 1.38 bits per heavy atom. The number of benzene rings is 1. The lowest BCUT2D eigenvalue weighted by Crippen LogP contribution is -2.46. The van der Waals surface area contributed by atoms with Gasteiger partial charge in [0.2, 0.25) is 0 Å². The van der Waals surface area contributed by atoms with Gasteiger partial charge in [-0.2, -0.15) is 8.78 Å². The molecule has 1 heterocycles. The number of ether oxygens (including phenoxy) is 2. The van der Waals surface area contributed by atoms with Gasteiger partial charge in [-0.3, -0.25) is 4.99 Å². The standard InChI is InChI=1S/C17H25F2N3O2/c1-3-23-14-7-9-22(10-8-14)17(20-2)21-12-13-5-4-6-15(11-13)24-16(18)19/h4-6,11,14,16H,3,7-10,12H2,1-2H3,(H,20,21). The van der Waals surface area contributed by atoms with Gasteiger partial charge < -0.3 is 19.7 Å². The normalized spacial score (nSPS) is 16.5. The first-order valence-corrected chi connectivity index (χ1v) is 8.23. The minimum absolute atomic E-state index is 0.164. The second kappa shape index (κ2) is 9.42. The highest BCUT2D eigenvalue weighted by Gasteiger charge is 2.21. The molecule has 7 heteroatoms. The highest BCUT2D eigenvalue weighted by molar-refractivity contribution is 5.80. The third-order valence-electron chi connectivity index (χ3n) is 3.93. The third kappa shape index (κ3) is 5.63. The fourth-order valence-corrected chi connectivity index (χ4v) is 2.82. The fourth-order valence-electron chi connectivity index (χ4n) is 2.82. The number of halogens is 2. The smallest absolute Gasteiger partial charge is 0.387 e. The molecule has 134 valence electrons. The van der Waals surface area contributed by atoms with Crippen molar-refractivity contribution in [2.45, 2.75) is 39.0 Å². The summed E-state index contributed by atoms with van der Waals surface area (Å²) in [5.41, 5.74) is 0.860. The summed E-state index contributed by atoms with van der Waals surface area (Å²) in [6.45, 7) is 2.22. The summed E-state index contributed by atoms with van der Waals surface area (Å²) in [5, 5.41) is 3.27. The van der Waals surface area contributed by atoms with Crippen LogP contribution in [-0.2, 0) is 11.3 Å². The number of rotatable bonds is 6. The summed E-state index contributed by atoms with van der Waals surface area (Å²) in [4.78, 5) is 6.50. The van der Waals surface area contributed by atoms with E-state index in [0.29, 0.717) is 12.6 Å². The minimum Gasteiger partial charge on any atom is -0.435 e. The van der Waals surface area contributed by atoms with E-state index in [1.54, 1.807) is 19.2 Å². The van der Waals surface area contributed by atoms with Crippen molar-refractivity contribution in [3.63, 3.8) is 0 Å². The van der Waals surface area contributed by atoms with Gasteiger partial charge >= 0.3 is 6.61 Å². The Morgan fingerprint density at radius 2 is 2.12 bits per heavy atom. The molecule has 0 spiro atoms. The Labute approximate surface area is 141 Å². The molecule has 0 amide bonds. The van der Waals surface area contributed by atoms with Gasteiger partial charge in [0.05, 0.1) is 6.10 Å². The Balaban J connectivity index is 1.86. The molecule has 1 aliphatic rings. The van der Waals surface area contributed by atoms with E-state index in [1.165, 1.54) is 6.07 Å². The number of guanidine groups is 1. The molecular formula is C17H25F2N3O2. The van der Waals surface area contributed by atoms with Crippen LogP contribution in [0.4, 0.5) is 8.78 Å². The van der Waals surface area contributed by atoms with Crippen LogP contribution >= 0.6 is 0 Å². The molecule has 0 saturated carbocycles. The predicted molar refractivity (Wildman–Crippen MR) is 89.5 cm³/mol. The van der Waals surface area contributed by atoms with Gasteiger partial charge in [-0.1, -0.05) is 12.1 Å². The summed E-state index contributed by atoms with van der Waals surface area (Å²) < 4.78 is 34.6. The molecule has 0 aromatic heterocycles. The largest absolute Gasteiger partial charge is 0.435 e. The van der Waals surface area contributed by atoms with E-state index in [-0.39, 0.29) is 5.75 Å². The summed E-state index contributed by atoms with van der Waals surface area (Å²) in [6.07, 6.45) is 2.28. The number of aliphatic imine (C=N–C) groups is 1. The number of hydrogen-bond acceptors (Lipinski definition) is 3. The Morgan fingerprint density at radius 3 is 2.75 bits per heavy atom. The van der Waals surface area contributed by atoms with Crippen molar-refractivity contribution >= 4 is 5.96 Å². The van der Waals surface area contributed by atoms with Gasteiger partial charge in [0.1, 0.15) is 5.75 Å². The zero-order valence-corrected chi connectivity index (χ0v) is 14.2. The monoisotopic (exact) mass is 341 g/mol. The van der Waals surface area contributed by atoms with Crippen LogP contribution in [-0.4, -0.2) is 50.3 Å². The molecule has 0 radical (unpaired) electrons. The molecule has 1 aromatic rings. The van der Waals surface area contributed by atoms with Gasteiger partial charge in [-0.15, -0.1) is 0 Å². The van der Waals surface area contributed by atoms with Crippen molar-refractivity contribution in [1.29, 1.82) is 0 Å². The van der Waals surface area contributed by atoms with Crippen LogP contribution in [0.15, 0.2) is 29.3 Å². The maximum absolute atomic E-state index is 12.3. The number of alkyl halides is 2. The van der Waals surface area contributed by atoms with Gasteiger partial charge in [-0.25, -0.2) is 0 Å². The minimum atomic E-state index is -2.81. The Kier molecular flexibility index (Phi) is 7.24. The summed E-state index contributed by atoms with van der Waals surface area (Å²) >= 11 is 0. The lowest BCUT2D eigenvalue weighted by molar-refractivity contribution is -0.0498. The van der Waals surface area contributed by atoms with Crippen LogP contribution in [0.2, 0.25) is 0 Å². The maximum Gasteiger partial charge on any atom is 0.387 e. The fraction of sp³-hybridized carbons (Fsp3) is 0.588. The van der Waals surface area contributed by atoms with Crippen LogP contribution in [0, 0.1) is 0 Å². The Hall–Kier alpha value is -1.89. The molecule has 0 atom stereocenters. The van der Waals surface area contributed by atoms with Crippen LogP contribution in [0.3, 0.4) is 0 Å². The molecule has 2 rings (SSSR count). The molecule has 0 unspecified atom stereocenters. The number of likely N-dealkylation sites (tertiary alicyclic amines) is 1. The lowest BCUT2D eigenvalue weighted by atomic mass is 10.1. The molecule has 5 nitrogen and oxygen atoms in total. The topological polar surface area (TPSA) is 46.1 Å². The van der Waals surface area contributed by atoms with E-state index in [2.05, 4.69) is 19.9 Å². The lowest BCUT2D eigenvalue weighted by Gasteiger charge is -2.34. The van der Waals surface area contributed by atoms with E-state index in [4.69, 9.17) is 4.74 Å². The van der Waals surface area contributed by atoms with Crippen molar-refractivity contribution in [1.82, 2.24) is 10.2 Å². The quantitative estimate of drug-likeness (QED) is 0.638. The van der Waals surface area contributed by atoms with Crippen molar-refractivity contribution in [3.8, 4) is 5.75 Å². The maximum atomic E-state index is 12.3. The van der Waals surface area contributed by atoms with Gasteiger partial charge in [-0.05, 0) is 37.5 Å². The molecule has 24 heavy (non-hydrogen) atoms. The van der Waals surface area contributed by atoms with Gasteiger partial charge in [0.25, 0.3) is 0 Å². The number of hydrogen-bond donors (Lipinski definition) is 1. The number of nitrogens with one attached hydrogen (secondary N) is 1. The first-order chi connectivity index (χ1) is 11.6. The molecule has 1 saturated heterocycles. The average molecular weight is 341 g/mol. The second-order valence-electron chi connectivity index (χ2n) is 5.57. The molecule has 1 aromatic carbocycles. The molecule has 0 bridgehead atoms. The molecule has 1 N–H and O–H groups in total. The number of nitrogens with zero attached hydrogens (tertiary/aromatic N) is 2. The second-order valence-corrected chi connectivity index (χ2v) is 5.57. The van der Waals surface area contributed by atoms with Crippen molar-refractivity contribution < 1.29 is 18.3 Å². The van der Waals surface area contributed by atoms with E-state index in [0.717, 1.165) is 44.1 Å². The van der Waals surface area contributed by atoms with Crippen LogP contribution in [0.1, 0.15) is 25.3 Å². The predicted octanol–water partition coefficient (Wildman–Crippen LogP) is 2.86. The van der Waals surface area contributed by atoms with Crippen LogP contribution in [0.25, 0.3) is 0 Å². The molecule has 1 aliphatic heterocycles. The molecular weight excluding hydrogens is 316 g/mol. The molecule has 1 fully saturated rings. The summed E-state index contributed by atoms with van der Waals surface area (Å²) in [6, 6.07) is 6.68. The average Bonchev–Trinajstić information content (AvgIpc) is 2.57. The molecule has 0 aliphatic carbocycles. The van der Waals surface area contributed by atoms with E-state index < -0.39 is 6.61 Å². The van der Waals surface area contributed by atoms with E-state index >= 15 is 0 Å². The SMILES string of the molecule is CCOC1CCN(C(=NC)NCc2cccc(OC(F)F)c2)CC1. The first-order valence-electron chi connectivity index (χ1n) is 8.23.